The number of nitrogens with zero attached hydrogens (tertiary/aromatic N) is 3. The van der Waals surface area contributed by atoms with Gasteiger partial charge in [0.15, 0.2) is 5.13 Å². The molecule has 1 aromatic heterocycles. The number of carbonyl (C=O) groups is 1. The molecule has 174 valence electrons. The summed E-state index contributed by atoms with van der Waals surface area (Å²) in [5.74, 6) is -0.259. The number of ether oxygens (including phenoxy) is 1. The van der Waals surface area contributed by atoms with Crippen molar-refractivity contribution in [2.24, 2.45) is 0 Å². The molecule has 4 rings (SSSR count). The number of piperazine rings is 1. The minimum Gasteiger partial charge on any atom is -0.406 e. The first kappa shape index (κ1) is 22.9. The van der Waals surface area contributed by atoms with Gasteiger partial charge in [0, 0.05) is 42.9 Å². The van der Waals surface area contributed by atoms with E-state index in [1.165, 1.54) is 46.9 Å². The quantitative estimate of drug-likeness (QED) is 0.544. The smallest absolute Gasteiger partial charge is 0.406 e. The molecule has 0 saturated carbocycles. The van der Waals surface area contributed by atoms with E-state index >= 15 is 0 Å². The molecule has 2 heterocycles. The molecule has 1 aliphatic rings. The predicted octanol–water partition coefficient (Wildman–Crippen LogP) is 4.99. The van der Waals surface area contributed by atoms with Gasteiger partial charge in [-0.3, -0.25) is 4.79 Å². The van der Waals surface area contributed by atoms with E-state index in [0.717, 1.165) is 13.1 Å². The van der Waals surface area contributed by atoms with Crippen LogP contribution in [0.2, 0.25) is 0 Å². The molecule has 0 radical (unpaired) electrons. The van der Waals surface area contributed by atoms with E-state index in [1.807, 2.05) is 16.3 Å². The van der Waals surface area contributed by atoms with Gasteiger partial charge in [-0.15, -0.1) is 24.5 Å². The van der Waals surface area contributed by atoms with Crippen molar-refractivity contribution in [1.29, 1.82) is 0 Å². The van der Waals surface area contributed by atoms with Gasteiger partial charge >= 0.3 is 6.36 Å². The van der Waals surface area contributed by atoms with Gasteiger partial charge in [0.2, 0.25) is 5.91 Å². The molecule has 1 aliphatic heterocycles. The number of nitrogens with one attached hydrogen (secondary N) is 1. The molecule has 1 saturated heterocycles. The van der Waals surface area contributed by atoms with Gasteiger partial charge in [0.1, 0.15) is 5.75 Å². The number of benzene rings is 2. The molecule has 33 heavy (non-hydrogen) atoms. The Morgan fingerprint density at radius 1 is 1.12 bits per heavy atom. The van der Waals surface area contributed by atoms with Crippen LogP contribution in [-0.2, 0) is 11.2 Å². The van der Waals surface area contributed by atoms with E-state index in [2.05, 4.69) is 45.1 Å². The average molecular weight is 477 g/mol. The lowest BCUT2D eigenvalue weighted by molar-refractivity contribution is -0.274. The van der Waals surface area contributed by atoms with Crippen molar-refractivity contribution in [2.75, 3.05) is 36.4 Å². The lowest BCUT2D eigenvalue weighted by atomic mass is 10.2. The molecule has 0 spiro atoms. The highest BCUT2D eigenvalue weighted by Gasteiger charge is 2.31. The first-order valence-corrected chi connectivity index (χ1v) is 11.3. The molecule has 0 bridgehead atoms. The van der Waals surface area contributed by atoms with Crippen molar-refractivity contribution in [3.05, 3.63) is 65.2 Å². The van der Waals surface area contributed by atoms with Crippen molar-refractivity contribution < 1.29 is 22.7 Å². The van der Waals surface area contributed by atoms with Crippen LogP contribution in [0.4, 0.5) is 29.7 Å². The van der Waals surface area contributed by atoms with Crippen molar-refractivity contribution in [2.45, 2.75) is 19.7 Å². The third-order valence-electron chi connectivity index (χ3n) is 5.22. The Bertz CT molecular complexity index is 1090. The molecule has 0 aliphatic carbocycles. The van der Waals surface area contributed by atoms with E-state index in [9.17, 15) is 18.0 Å². The Hall–Kier alpha value is -3.27. The summed E-state index contributed by atoms with van der Waals surface area (Å²) in [6.45, 7) is 4.96. The summed E-state index contributed by atoms with van der Waals surface area (Å²) in [5, 5.41) is 5.41. The molecular weight excluding hydrogens is 453 g/mol. The molecule has 1 N–H and O–H groups in total. The van der Waals surface area contributed by atoms with Crippen LogP contribution in [0.15, 0.2) is 53.9 Å². The molecule has 0 atom stereocenters. The highest BCUT2D eigenvalue weighted by atomic mass is 32.1. The summed E-state index contributed by atoms with van der Waals surface area (Å²) in [4.78, 5) is 21.3. The summed E-state index contributed by atoms with van der Waals surface area (Å²) in [7, 11) is 0. The predicted molar refractivity (Wildman–Crippen MR) is 122 cm³/mol. The zero-order valence-corrected chi connectivity index (χ0v) is 18.7. The fourth-order valence-corrected chi connectivity index (χ4v) is 4.34. The van der Waals surface area contributed by atoms with Gasteiger partial charge in [-0.1, -0.05) is 12.1 Å². The number of hydrogen-bond acceptors (Lipinski definition) is 6. The first-order chi connectivity index (χ1) is 15.7. The summed E-state index contributed by atoms with van der Waals surface area (Å²) in [5.41, 5.74) is 3.62. The number of aryl methyl sites for hydroxylation is 1. The fourth-order valence-electron chi connectivity index (χ4n) is 3.61. The Morgan fingerprint density at radius 3 is 2.52 bits per heavy atom. The maximum atomic E-state index is 12.7. The van der Waals surface area contributed by atoms with Gasteiger partial charge in [-0.05, 0) is 48.9 Å². The van der Waals surface area contributed by atoms with Crippen LogP contribution in [0.5, 0.6) is 5.75 Å². The Morgan fingerprint density at radius 2 is 1.85 bits per heavy atom. The number of alkyl halides is 3. The number of hydrogen-bond donors (Lipinski definition) is 1. The number of aromatic nitrogens is 1. The van der Waals surface area contributed by atoms with Crippen LogP contribution in [0.3, 0.4) is 0 Å². The van der Waals surface area contributed by atoms with Crippen molar-refractivity contribution in [1.82, 2.24) is 9.88 Å². The minimum absolute atomic E-state index is 0.0318. The first-order valence-electron chi connectivity index (χ1n) is 10.4. The van der Waals surface area contributed by atoms with Crippen LogP contribution < -0.4 is 15.0 Å². The number of anilines is 3. The van der Waals surface area contributed by atoms with Crippen LogP contribution in [0, 0.1) is 6.92 Å². The monoisotopic (exact) mass is 476 g/mol. The summed E-state index contributed by atoms with van der Waals surface area (Å²) < 4.78 is 40.6. The van der Waals surface area contributed by atoms with Gasteiger partial charge in [0.05, 0.1) is 12.1 Å². The topological polar surface area (TPSA) is 57.7 Å². The number of halogens is 3. The molecule has 1 fully saturated rings. The van der Waals surface area contributed by atoms with E-state index < -0.39 is 6.36 Å². The van der Waals surface area contributed by atoms with Crippen molar-refractivity contribution in [3.8, 4) is 5.75 Å². The molecule has 3 aromatic rings. The summed E-state index contributed by atoms with van der Waals surface area (Å²) in [6.07, 6.45) is -4.51. The van der Waals surface area contributed by atoms with E-state index in [-0.39, 0.29) is 18.1 Å². The zero-order chi connectivity index (χ0) is 23.4. The normalized spacial score (nSPS) is 14.3. The van der Waals surface area contributed by atoms with Crippen molar-refractivity contribution in [3.63, 3.8) is 0 Å². The van der Waals surface area contributed by atoms with Gasteiger partial charge in [-0.25, -0.2) is 4.98 Å². The maximum absolute atomic E-state index is 12.7. The molecule has 6 nitrogen and oxygen atoms in total. The Balaban J connectivity index is 1.27. The van der Waals surface area contributed by atoms with Gasteiger partial charge in [-0.2, -0.15) is 0 Å². The van der Waals surface area contributed by atoms with E-state index in [0.29, 0.717) is 29.6 Å². The lowest BCUT2D eigenvalue weighted by Gasteiger charge is -2.36. The highest BCUT2D eigenvalue weighted by molar-refractivity contribution is 7.13. The Labute approximate surface area is 193 Å². The molecule has 2 aromatic carbocycles. The number of thiazole rings is 1. The van der Waals surface area contributed by atoms with Crippen molar-refractivity contribution >= 4 is 33.8 Å². The molecule has 0 unspecified atom stereocenters. The number of rotatable bonds is 6. The summed E-state index contributed by atoms with van der Waals surface area (Å²) >= 11 is 1.33. The fraction of sp³-hybridized carbons (Fsp3) is 0.304. The van der Waals surface area contributed by atoms with Crippen LogP contribution in [-0.4, -0.2) is 48.3 Å². The zero-order valence-electron chi connectivity index (χ0n) is 17.9. The van der Waals surface area contributed by atoms with E-state index in [1.54, 1.807) is 0 Å². The van der Waals surface area contributed by atoms with E-state index in [4.69, 9.17) is 0 Å². The molecule has 10 heteroatoms. The van der Waals surface area contributed by atoms with Crippen LogP contribution >= 0.6 is 11.3 Å². The van der Waals surface area contributed by atoms with Crippen LogP contribution in [0.25, 0.3) is 0 Å². The molecule has 1 amide bonds. The van der Waals surface area contributed by atoms with Gasteiger partial charge in [0.25, 0.3) is 0 Å². The maximum Gasteiger partial charge on any atom is 0.573 e. The number of amides is 1. The second-order valence-corrected chi connectivity index (χ2v) is 8.58. The highest BCUT2D eigenvalue weighted by Crippen LogP contribution is 2.26. The number of carbonyl (C=O) groups excluding carboxylic acids is 1. The SMILES string of the molecule is Cc1cccc(N2CCN(C(=O)Cc3csc(Nc4ccc(OC(F)(F)F)cc4)n3)CC2)c1. The third-order valence-corrected chi connectivity index (χ3v) is 6.03. The second-order valence-electron chi connectivity index (χ2n) is 7.72. The average Bonchev–Trinajstić information content (AvgIpc) is 3.21. The largest absolute Gasteiger partial charge is 0.573 e. The standard InChI is InChI=1S/C23H23F3N4O2S/c1-16-3-2-4-19(13-16)29-9-11-30(12-10-29)21(31)14-18-15-33-22(28-18)27-17-5-7-20(8-6-17)32-23(24,25)26/h2-8,13,15H,9-12,14H2,1H3,(H,27,28). The lowest BCUT2D eigenvalue weighted by Crippen LogP contribution is -2.49. The second kappa shape index (κ2) is 9.70. The Kier molecular flexibility index (Phi) is 6.73. The van der Waals surface area contributed by atoms with Gasteiger partial charge < -0.3 is 19.9 Å². The third kappa shape index (κ3) is 6.38. The minimum atomic E-state index is -4.72. The van der Waals surface area contributed by atoms with Crippen LogP contribution in [0.1, 0.15) is 11.3 Å². The molecular formula is C23H23F3N4O2S. The summed E-state index contributed by atoms with van der Waals surface area (Å²) in [6, 6.07) is 13.7.